The first-order valence-corrected chi connectivity index (χ1v) is 14.1. The standard InChI is InChI=1S/C22H21NO7P2S/c1-23-19-9-5-3-7-17(19)21(18-8-4-6-10-20(18)23)22(30-32(26,27)28)33-16-13-11-15(12-14-16)29-31(2,24)25/h3-14H,1-2H3,(H,24,25)(H2,26,27,28). The van der Waals surface area contributed by atoms with Crippen LogP contribution in [0.1, 0.15) is 11.1 Å². The van der Waals surface area contributed by atoms with Crippen LogP contribution in [0.2, 0.25) is 0 Å². The van der Waals surface area contributed by atoms with Crippen LogP contribution in [-0.2, 0) is 13.7 Å². The molecule has 1 aliphatic heterocycles. The molecule has 0 saturated heterocycles. The first-order valence-electron chi connectivity index (χ1n) is 9.71. The largest absolute Gasteiger partial charge is 0.525 e. The predicted octanol–water partition coefficient (Wildman–Crippen LogP) is 5.58. The van der Waals surface area contributed by atoms with E-state index in [1.165, 1.54) is 12.1 Å². The van der Waals surface area contributed by atoms with E-state index in [1.54, 1.807) is 12.1 Å². The molecule has 0 aliphatic carbocycles. The number of anilines is 2. The quantitative estimate of drug-likeness (QED) is 0.224. The Hall–Kier alpha value is -2.51. The molecular weight excluding hydrogens is 484 g/mol. The highest BCUT2D eigenvalue weighted by Gasteiger charge is 2.30. The SMILES string of the molecule is CN1c2ccccc2C(=C(OP(=O)(O)O)Sc2ccc(OP(C)(=O)O)cc2)c2ccccc21. The fraction of sp³-hybridized carbons (Fsp3) is 0.0909. The lowest BCUT2D eigenvalue weighted by atomic mass is 9.91. The third-order valence-electron chi connectivity index (χ3n) is 4.78. The minimum absolute atomic E-state index is 0.0355. The van der Waals surface area contributed by atoms with Gasteiger partial charge in [-0.2, -0.15) is 0 Å². The van der Waals surface area contributed by atoms with Crippen molar-refractivity contribution < 1.29 is 32.9 Å². The molecule has 0 amide bonds. The smallest absolute Gasteiger partial charge is 0.425 e. The molecule has 1 aliphatic rings. The van der Waals surface area contributed by atoms with E-state index in [1.807, 2.05) is 60.5 Å². The van der Waals surface area contributed by atoms with Gasteiger partial charge >= 0.3 is 15.4 Å². The number of hydrogen-bond acceptors (Lipinski definition) is 6. The Morgan fingerprint density at radius 2 is 1.36 bits per heavy atom. The molecule has 0 aromatic heterocycles. The Morgan fingerprint density at radius 1 is 0.848 bits per heavy atom. The summed E-state index contributed by atoms with van der Waals surface area (Å²) < 4.78 is 33.6. The molecule has 8 nitrogen and oxygen atoms in total. The molecular formula is C22H21NO7P2S. The van der Waals surface area contributed by atoms with E-state index in [4.69, 9.17) is 9.05 Å². The molecule has 3 aromatic carbocycles. The van der Waals surface area contributed by atoms with Crippen molar-refractivity contribution in [2.45, 2.75) is 4.90 Å². The lowest BCUT2D eigenvalue weighted by molar-refractivity contribution is 0.255. The molecule has 11 heteroatoms. The average molecular weight is 505 g/mol. The van der Waals surface area contributed by atoms with E-state index >= 15 is 0 Å². The number of fused-ring (bicyclic) bond motifs is 2. The molecule has 0 spiro atoms. The van der Waals surface area contributed by atoms with E-state index in [9.17, 15) is 23.8 Å². The Balaban J connectivity index is 1.85. The van der Waals surface area contributed by atoms with Crippen molar-refractivity contribution in [2.75, 3.05) is 18.6 Å². The second kappa shape index (κ2) is 9.03. The summed E-state index contributed by atoms with van der Waals surface area (Å²) in [5, 5.41) is 0.0355. The van der Waals surface area contributed by atoms with Gasteiger partial charge in [0.2, 0.25) is 0 Å². The lowest BCUT2D eigenvalue weighted by Gasteiger charge is -2.32. The maximum Gasteiger partial charge on any atom is 0.525 e. The van der Waals surface area contributed by atoms with Gasteiger partial charge in [0.25, 0.3) is 0 Å². The average Bonchev–Trinajstić information content (AvgIpc) is 2.73. The Morgan fingerprint density at radius 3 is 1.85 bits per heavy atom. The number of thioether (sulfide) groups is 1. The number of phosphoric ester groups is 1. The van der Waals surface area contributed by atoms with Crippen molar-refractivity contribution in [3.05, 3.63) is 89.0 Å². The molecule has 0 fully saturated rings. The zero-order chi connectivity index (χ0) is 23.8. The van der Waals surface area contributed by atoms with Crippen LogP contribution in [0, 0.1) is 0 Å². The lowest BCUT2D eigenvalue weighted by Crippen LogP contribution is -2.18. The number of rotatable bonds is 6. The van der Waals surface area contributed by atoms with Crippen molar-refractivity contribution >= 4 is 44.1 Å². The monoisotopic (exact) mass is 505 g/mol. The van der Waals surface area contributed by atoms with Gasteiger partial charge in [-0.3, -0.25) is 9.79 Å². The van der Waals surface area contributed by atoms with Crippen molar-refractivity contribution in [3.8, 4) is 5.75 Å². The van der Waals surface area contributed by atoms with Crippen molar-refractivity contribution in [1.29, 1.82) is 0 Å². The third kappa shape index (κ3) is 5.53. The van der Waals surface area contributed by atoms with Gasteiger partial charge in [0, 0.05) is 46.7 Å². The summed E-state index contributed by atoms with van der Waals surface area (Å²) in [6, 6.07) is 21.3. The summed E-state index contributed by atoms with van der Waals surface area (Å²) in [5.41, 5.74) is 3.82. The predicted molar refractivity (Wildman–Crippen MR) is 129 cm³/mol. The second-order valence-electron chi connectivity index (χ2n) is 7.31. The fourth-order valence-electron chi connectivity index (χ4n) is 3.54. The minimum atomic E-state index is -4.89. The highest BCUT2D eigenvalue weighted by molar-refractivity contribution is 8.03. The second-order valence-corrected chi connectivity index (χ2v) is 11.3. The van der Waals surface area contributed by atoms with Gasteiger partial charge in [-0.25, -0.2) is 9.13 Å². The van der Waals surface area contributed by atoms with Crippen molar-refractivity contribution in [2.24, 2.45) is 0 Å². The maximum absolute atomic E-state index is 11.9. The van der Waals surface area contributed by atoms with Crippen LogP contribution in [0.4, 0.5) is 11.4 Å². The Labute approximate surface area is 195 Å². The summed E-state index contributed by atoms with van der Waals surface area (Å²) in [6.07, 6.45) is 0. The molecule has 3 N–H and O–H groups in total. The highest BCUT2D eigenvalue weighted by atomic mass is 32.2. The van der Waals surface area contributed by atoms with Gasteiger partial charge in [-0.1, -0.05) is 48.2 Å². The van der Waals surface area contributed by atoms with Crippen LogP contribution >= 0.6 is 27.2 Å². The van der Waals surface area contributed by atoms with E-state index < -0.39 is 15.4 Å². The zero-order valence-corrected chi connectivity index (χ0v) is 20.3. The van der Waals surface area contributed by atoms with Crippen molar-refractivity contribution in [1.82, 2.24) is 0 Å². The summed E-state index contributed by atoms with van der Waals surface area (Å²) in [7, 11) is -6.67. The first kappa shape index (κ1) is 23.6. The van der Waals surface area contributed by atoms with Gasteiger partial charge in [0.15, 0.2) is 5.09 Å². The Kier molecular flexibility index (Phi) is 6.47. The van der Waals surface area contributed by atoms with Crippen LogP contribution < -0.4 is 9.42 Å². The van der Waals surface area contributed by atoms with E-state index in [2.05, 4.69) is 0 Å². The van der Waals surface area contributed by atoms with Crippen LogP contribution in [0.25, 0.3) is 5.57 Å². The zero-order valence-electron chi connectivity index (χ0n) is 17.7. The summed E-state index contributed by atoms with van der Waals surface area (Å²) in [4.78, 5) is 31.3. The van der Waals surface area contributed by atoms with Crippen molar-refractivity contribution in [3.63, 3.8) is 0 Å². The summed E-state index contributed by atoms with van der Waals surface area (Å²) in [5.74, 6) is 0.202. The maximum atomic E-state index is 11.9. The third-order valence-corrected chi connectivity index (χ3v) is 6.86. The van der Waals surface area contributed by atoms with E-state index in [0.29, 0.717) is 10.5 Å². The fourth-order valence-corrected chi connectivity index (χ4v) is 5.61. The van der Waals surface area contributed by atoms with Gasteiger partial charge in [0.1, 0.15) is 5.75 Å². The normalized spacial score (nSPS) is 14.7. The van der Waals surface area contributed by atoms with Gasteiger partial charge < -0.3 is 18.8 Å². The molecule has 33 heavy (non-hydrogen) atoms. The number of hydrogen-bond donors (Lipinski definition) is 3. The van der Waals surface area contributed by atoms with Crippen LogP contribution in [-0.4, -0.2) is 28.4 Å². The van der Waals surface area contributed by atoms with E-state index in [-0.39, 0.29) is 10.8 Å². The highest BCUT2D eigenvalue weighted by Crippen LogP contribution is 2.52. The van der Waals surface area contributed by atoms with Crippen LogP contribution in [0.15, 0.2) is 82.8 Å². The minimum Gasteiger partial charge on any atom is -0.425 e. The number of benzene rings is 3. The van der Waals surface area contributed by atoms with Gasteiger partial charge in [-0.05, 0) is 36.4 Å². The summed E-state index contributed by atoms with van der Waals surface area (Å²) in [6.45, 7) is 1.08. The van der Waals surface area contributed by atoms with Crippen LogP contribution in [0.5, 0.6) is 5.75 Å². The molecule has 3 aromatic rings. The molecule has 172 valence electrons. The number of nitrogens with zero attached hydrogens (tertiary/aromatic N) is 1. The van der Waals surface area contributed by atoms with Gasteiger partial charge in [-0.15, -0.1) is 0 Å². The topological polar surface area (TPSA) is 117 Å². The molecule has 0 saturated carbocycles. The van der Waals surface area contributed by atoms with Crippen LogP contribution in [0.3, 0.4) is 0 Å². The van der Waals surface area contributed by atoms with Gasteiger partial charge in [0.05, 0.1) is 0 Å². The van der Waals surface area contributed by atoms with E-state index in [0.717, 1.165) is 40.9 Å². The molecule has 4 rings (SSSR count). The molecule has 1 unspecified atom stereocenters. The molecule has 0 radical (unpaired) electrons. The first-order chi connectivity index (χ1) is 15.5. The molecule has 0 bridgehead atoms. The number of phosphoric acid groups is 1. The molecule has 1 atom stereocenters. The number of para-hydroxylation sites is 2. The molecule has 1 heterocycles. The Bertz CT molecular complexity index is 1260. The summed E-state index contributed by atoms with van der Waals surface area (Å²) >= 11 is 1.04.